The Balaban J connectivity index is 1.83. The Labute approximate surface area is 124 Å². The zero-order valence-corrected chi connectivity index (χ0v) is 12.2. The van der Waals surface area contributed by atoms with E-state index in [-0.39, 0.29) is 5.91 Å². The van der Waals surface area contributed by atoms with Gasteiger partial charge in [-0.1, -0.05) is 11.6 Å². The molecule has 0 spiro atoms. The number of aromatic carboxylic acids is 1. The summed E-state index contributed by atoms with van der Waals surface area (Å²) in [5, 5.41) is 9.08. The average Bonchev–Trinajstić information content (AvgIpc) is 2.91. The SMILES string of the molecule is CC1=C(C(=O)N2CCc3ccc(C(=O)O)cc3C2)CCC1. The van der Waals surface area contributed by atoms with Crippen LogP contribution in [0.3, 0.4) is 0 Å². The molecule has 0 atom stereocenters. The number of benzene rings is 1. The first-order valence-corrected chi connectivity index (χ1v) is 7.39. The Bertz CT molecular complexity index is 645. The summed E-state index contributed by atoms with van der Waals surface area (Å²) >= 11 is 0. The number of fused-ring (bicyclic) bond motifs is 1. The van der Waals surface area contributed by atoms with Crippen LogP contribution in [0.25, 0.3) is 0 Å². The molecule has 21 heavy (non-hydrogen) atoms. The van der Waals surface area contributed by atoms with Crippen molar-refractivity contribution in [1.29, 1.82) is 0 Å². The molecule has 110 valence electrons. The molecule has 4 heteroatoms. The van der Waals surface area contributed by atoms with E-state index in [0.29, 0.717) is 12.1 Å². The lowest BCUT2D eigenvalue weighted by molar-refractivity contribution is -0.128. The van der Waals surface area contributed by atoms with Crippen molar-refractivity contribution in [3.8, 4) is 0 Å². The summed E-state index contributed by atoms with van der Waals surface area (Å²) in [5.74, 6) is -0.785. The van der Waals surface area contributed by atoms with Crippen LogP contribution in [0.1, 0.15) is 47.7 Å². The molecule has 0 saturated heterocycles. The maximum Gasteiger partial charge on any atom is 0.335 e. The molecular formula is C17H19NO3. The van der Waals surface area contributed by atoms with Crippen LogP contribution < -0.4 is 0 Å². The van der Waals surface area contributed by atoms with Gasteiger partial charge >= 0.3 is 5.97 Å². The number of carbonyl (C=O) groups is 2. The number of hydrogen-bond donors (Lipinski definition) is 1. The Morgan fingerprint density at radius 1 is 1.14 bits per heavy atom. The number of allylic oxidation sites excluding steroid dienone is 1. The Hall–Kier alpha value is -2.10. The van der Waals surface area contributed by atoms with Gasteiger partial charge in [-0.05, 0) is 55.9 Å². The van der Waals surface area contributed by atoms with E-state index >= 15 is 0 Å². The highest BCUT2D eigenvalue weighted by atomic mass is 16.4. The van der Waals surface area contributed by atoms with Crippen LogP contribution in [-0.2, 0) is 17.8 Å². The molecule has 0 fully saturated rings. The van der Waals surface area contributed by atoms with Crippen molar-refractivity contribution >= 4 is 11.9 Å². The number of carboxylic acids is 1. The topological polar surface area (TPSA) is 57.6 Å². The predicted molar refractivity (Wildman–Crippen MR) is 79.1 cm³/mol. The fourth-order valence-electron chi connectivity index (χ4n) is 3.24. The Morgan fingerprint density at radius 2 is 1.95 bits per heavy atom. The number of amides is 1. The van der Waals surface area contributed by atoms with E-state index in [0.717, 1.165) is 48.9 Å². The van der Waals surface area contributed by atoms with Crippen LogP contribution in [-0.4, -0.2) is 28.4 Å². The molecule has 1 aliphatic carbocycles. The van der Waals surface area contributed by atoms with Crippen LogP contribution in [0.5, 0.6) is 0 Å². The molecule has 1 N–H and O–H groups in total. The molecule has 2 aliphatic rings. The second-order valence-corrected chi connectivity index (χ2v) is 5.88. The molecule has 0 saturated carbocycles. The first kappa shape index (κ1) is 13.9. The summed E-state index contributed by atoms with van der Waals surface area (Å²) in [6.07, 6.45) is 3.77. The van der Waals surface area contributed by atoms with Crippen molar-refractivity contribution in [3.05, 3.63) is 46.0 Å². The summed E-state index contributed by atoms with van der Waals surface area (Å²) in [4.78, 5) is 25.5. The van der Waals surface area contributed by atoms with E-state index in [4.69, 9.17) is 5.11 Å². The van der Waals surface area contributed by atoms with Crippen LogP contribution in [0.15, 0.2) is 29.3 Å². The molecule has 0 radical (unpaired) electrons. The Kier molecular flexibility index (Phi) is 3.53. The van der Waals surface area contributed by atoms with Gasteiger partial charge in [0.1, 0.15) is 0 Å². The average molecular weight is 285 g/mol. The molecule has 0 aromatic heterocycles. The van der Waals surface area contributed by atoms with Gasteiger partial charge in [-0.15, -0.1) is 0 Å². The molecule has 1 aromatic rings. The summed E-state index contributed by atoms with van der Waals surface area (Å²) in [7, 11) is 0. The Morgan fingerprint density at radius 3 is 2.62 bits per heavy atom. The maximum absolute atomic E-state index is 12.6. The van der Waals surface area contributed by atoms with E-state index in [1.165, 1.54) is 5.57 Å². The second-order valence-electron chi connectivity index (χ2n) is 5.88. The zero-order chi connectivity index (χ0) is 15.0. The number of rotatable bonds is 2. The van der Waals surface area contributed by atoms with E-state index in [1.807, 2.05) is 17.9 Å². The highest BCUT2D eigenvalue weighted by Crippen LogP contribution is 2.29. The van der Waals surface area contributed by atoms with Crippen LogP contribution in [0, 0.1) is 0 Å². The molecule has 0 unspecified atom stereocenters. The quantitative estimate of drug-likeness (QED) is 0.909. The van der Waals surface area contributed by atoms with Crippen molar-refractivity contribution in [2.45, 2.75) is 39.2 Å². The van der Waals surface area contributed by atoms with Crippen LogP contribution in [0.2, 0.25) is 0 Å². The third-order valence-corrected chi connectivity index (χ3v) is 4.50. The summed E-state index contributed by atoms with van der Waals surface area (Å²) in [6, 6.07) is 5.22. The van der Waals surface area contributed by atoms with E-state index in [1.54, 1.807) is 12.1 Å². The summed E-state index contributed by atoms with van der Waals surface area (Å²) in [6.45, 7) is 3.28. The first-order valence-electron chi connectivity index (χ1n) is 7.39. The standard InChI is InChI=1S/C17H19NO3/c1-11-3-2-4-15(11)16(19)18-8-7-12-5-6-13(17(20)21)9-14(12)10-18/h5-6,9H,2-4,7-8,10H2,1H3,(H,20,21). The van der Waals surface area contributed by atoms with Gasteiger partial charge < -0.3 is 10.0 Å². The lowest BCUT2D eigenvalue weighted by Gasteiger charge is -2.29. The van der Waals surface area contributed by atoms with E-state index in [2.05, 4.69) is 0 Å². The third kappa shape index (κ3) is 2.58. The van der Waals surface area contributed by atoms with E-state index < -0.39 is 5.97 Å². The van der Waals surface area contributed by atoms with Gasteiger partial charge in [0.2, 0.25) is 5.91 Å². The predicted octanol–water partition coefficient (Wildman–Crippen LogP) is 2.77. The fraction of sp³-hybridized carbons (Fsp3) is 0.412. The minimum Gasteiger partial charge on any atom is -0.478 e. The lowest BCUT2D eigenvalue weighted by Crippen LogP contribution is -2.36. The highest BCUT2D eigenvalue weighted by Gasteiger charge is 2.26. The molecule has 1 aliphatic heterocycles. The van der Waals surface area contributed by atoms with Gasteiger partial charge in [0.25, 0.3) is 0 Å². The van der Waals surface area contributed by atoms with Gasteiger partial charge in [-0.3, -0.25) is 4.79 Å². The molecule has 4 nitrogen and oxygen atoms in total. The molecule has 1 aromatic carbocycles. The summed E-state index contributed by atoms with van der Waals surface area (Å²) in [5.41, 5.74) is 4.59. The van der Waals surface area contributed by atoms with Crippen molar-refractivity contribution in [2.24, 2.45) is 0 Å². The van der Waals surface area contributed by atoms with Gasteiger partial charge in [-0.25, -0.2) is 4.79 Å². The normalized spacial score (nSPS) is 17.9. The number of hydrogen-bond acceptors (Lipinski definition) is 2. The van der Waals surface area contributed by atoms with Gasteiger partial charge in [0.15, 0.2) is 0 Å². The van der Waals surface area contributed by atoms with Crippen LogP contribution in [0.4, 0.5) is 0 Å². The minimum atomic E-state index is -0.921. The fourth-order valence-corrected chi connectivity index (χ4v) is 3.24. The maximum atomic E-state index is 12.6. The van der Waals surface area contributed by atoms with Crippen molar-refractivity contribution in [3.63, 3.8) is 0 Å². The van der Waals surface area contributed by atoms with Gasteiger partial charge in [0, 0.05) is 18.7 Å². The first-order chi connectivity index (χ1) is 10.1. The molecular weight excluding hydrogens is 266 g/mol. The second kappa shape index (κ2) is 5.35. The van der Waals surface area contributed by atoms with Crippen LogP contribution >= 0.6 is 0 Å². The number of carboxylic acid groups (broad SMARTS) is 1. The van der Waals surface area contributed by atoms with E-state index in [9.17, 15) is 9.59 Å². The van der Waals surface area contributed by atoms with Crippen molar-refractivity contribution < 1.29 is 14.7 Å². The van der Waals surface area contributed by atoms with Crippen molar-refractivity contribution in [2.75, 3.05) is 6.54 Å². The highest BCUT2D eigenvalue weighted by molar-refractivity contribution is 5.95. The van der Waals surface area contributed by atoms with Gasteiger partial charge in [-0.2, -0.15) is 0 Å². The number of nitrogens with zero attached hydrogens (tertiary/aromatic N) is 1. The van der Waals surface area contributed by atoms with Crippen molar-refractivity contribution in [1.82, 2.24) is 4.90 Å². The molecule has 3 rings (SSSR count). The lowest BCUT2D eigenvalue weighted by atomic mass is 9.96. The largest absolute Gasteiger partial charge is 0.478 e. The molecule has 1 amide bonds. The molecule has 1 heterocycles. The smallest absolute Gasteiger partial charge is 0.335 e. The third-order valence-electron chi connectivity index (χ3n) is 4.50. The van der Waals surface area contributed by atoms with Gasteiger partial charge in [0.05, 0.1) is 5.56 Å². The summed E-state index contributed by atoms with van der Waals surface area (Å²) < 4.78 is 0. The zero-order valence-electron chi connectivity index (χ0n) is 12.2. The monoisotopic (exact) mass is 285 g/mol. The minimum absolute atomic E-state index is 0.136. The number of carbonyl (C=O) groups excluding carboxylic acids is 1. The molecule has 0 bridgehead atoms.